The van der Waals surface area contributed by atoms with Gasteiger partial charge in [0.15, 0.2) is 6.10 Å². The molecule has 0 aliphatic carbocycles. The first-order chi connectivity index (χ1) is 14.3. The van der Waals surface area contributed by atoms with Crippen molar-refractivity contribution < 1.29 is 40.7 Å². The molecule has 0 saturated heterocycles. The maximum Gasteiger partial charge on any atom is 0.573 e. The van der Waals surface area contributed by atoms with Crippen molar-refractivity contribution in [3.63, 3.8) is 0 Å². The first-order valence-electron chi connectivity index (χ1n) is 8.43. The molecule has 168 valence electrons. The maximum atomic E-state index is 12.4. The highest BCUT2D eigenvalue weighted by Crippen LogP contribution is 2.24. The molecule has 0 saturated carbocycles. The molecular weight excluding hydrogens is 465 g/mol. The van der Waals surface area contributed by atoms with Gasteiger partial charge < -0.3 is 14.8 Å². The second-order valence-corrected chi connectivity index (χ2v) is 8.25. The summed E-state index contributed by atoms with van der Waals surface area (Å²) in [6.07, 6.45) is -6.18. The molecule has 0 aliphatic heterocycles. The minimum Gasteiger partial charge on any atom is -0.449 e. The summed E-state index contributed by atoms with van der Waals surface area (Å²) in [6.45, 7) is 1.25. The van der Waals surface area contributed by atoms with E-state index >= 15 is 0 Å². The van der Waals surface area contributed by atoms with E-state index in [0.717, 1.165) is 30.3 Å². The second-order valence-electron chi connectivity index (χ2n) is 5.96. The highest BCUT2D eigenvalue weighted by molar-refractivity contribution is 7.89. The monoisotopic (exact) mass is 480 g/mol. The predicted molar refractivity (Wildman–Crippen MR) is 104 cm³/mol. The molecule has 2 rings (SSSR count). The molecule has 2 aromatic carbocycles. The van der Waals surface area contributed by atoms with E-state index in [1.165, 1.54) is 26.1 Å². The van der Waals surface area contributed by atoms with Crippen LogP contribution in [0.1, 0.15) is 17.3 Å². The summed E-state index contributed by atoms with van der Waals surface area (Å²) in [6, 6.07) is 7.69. The number of rotatable bonds is 7. The smallest absolute Gasteiger partial charge is 0.449 e. The van der Waals surface area contributed by atoms with Gasteiger partial charge in [-0.05, 0) is 56.4 Å². The number of anilines is 1. The van der Waals surface area contributed by atoms with Gasteiger partial charge in [0.1, 0.15) is 5.75 Å². The van der Waals surface area contributed by atoms with Gasteiger partial charge in [-0.3, -0.25) is 4.79 Å². The van der Waals surface area contributed by atoms with Crippen molar-refractivity contribution in [1.29, 1.82) is 0 Å². The van der Waals surface area contributed by atoms with Gasteiger partial charge in [0.2, 0.25) is 10.0 Å². The van der Waals surface area contributed by atoms with Crippen molar-refractivity contribution in [2.24, 2.45) is 0 Å². The lowest BCUT2D eigenvalue weighted by Crippen LogP contribution is -2.30. The summed E-state index contributed by atoms with van der Waals surface area (Å²) < 4.78 is 71.1. The molecule has 2 N–H and O–H groups in total. The molecule has 0 bridgehead atoms. The Morgan fingerprint density at radius 2 is 1.71 bits per heavy atom. The van der Waals surface area contributed by atoms with Crippen LogP contribution in [0.25, 0.3) is 0 Å². The van der Waals surface area contributed by atoms with Crippen LogP contribution in [-0.4, -0.2) is 39.8 Å². The Balaban J connectivity index is 2.06. The SMILES string of the molecule is CNS(=O)(=O)c1ccc(Cl)c(C(=O)OC(C)C(=O)Nc2ccc(OC(F)(F)F)cc2)c1. The van der Waals surface area contributed by atoms with E-state index in [1.807, 2.05) is 0 Å². The number of sulfonamides is 1. The largest absolute Gasteiger partial charge is 0.573 e. The Bertz CT molecular complexity index is 1070. The minimum absolute atomic E-state index is 0.0899. The Hall–Kier alpha value is -2.83. The number of amides is 1. The molecule has 0 spiro atoms. The number of nitrogens with one attached hydrogen (secondary N) is 2. The quantitative estimate of drug-likeness (QED) is 0.588. The van der Waals surface area contributed by atoms with Crippen LogP contribution in [0.2, 0.25) is 5.02 Å². The van der Waals surface area contributed by atoms with Crippen LogP contribution in [-0.2, 0) is 19.6 Å². The number of hydrogen-bond acceptors (Lipinski definition) is 6. The predicted octanol–water partition coefficient (Wildman–Crippen LogP) is 3.33. The number of halogens is 4. The van der Waals surface area contributed by atoms with E-state index in [2.05, 4.69) is 14.8 Å². The number of esters is 1. The lowest BCUT2D eigenvalue weighted by Gasteiger charge is -2.15. The first-order valence-corrected chi connectivity index (χ1v) is 10.3. The van der Waals surface area contributed by atoms with Crippen LogP contribution in [0, 0.1) is 0 Å². The van der Waals surface area contributed by atoms with E-state index in [4.69, 9.17) is 16.3 Å². The normalized spacial score (nSPS) is 12.7. The molecule has 31 heavy (non-hydrogen) atoms. The number of hydrogen-bond donors (Lipinski definition) is 2. The van der Waals surface area contributed by atoms with Crippen molar-refractivity contribution in [3.05, 3.63) is 53.1 Å². The van der Waals surface area contributed by atoms with Crippen LogP contribution in [0.5, 0.6) is 5.75 Å². The Kier molecular flexibility index (Phi) is 7.52. The number of alkyl halides is 3. The van der Waals surface area contributed by atoms with Crippen molar-refractivity contribution >= 4 is 39.2 Å². The maximum absolute atomic E-state index is 12.4. The summed E-state index contributed by atoms with van der Waals surface area (Å²) in [4.78, 5) is 24.3. The molecule has 8 nitrogen and oxygen atoms in total. The zero-order chi connectivity index (χ0) is 23.4. The van der Waals surface area contributed by atoms with E-state index in [0.29, 0.717) is 0 Å². The summed E-state index contributed by atoms with van der Waals surface area (Å²) in [5.41, 5.74) is -0.145. The molecule has 2 aromatic rings. The Morgan fingerprint density at radius 3 is 2.26 bits per heavy atom. The highest BCUT2D eigenvalue weighted by atomic mass is 35.5. The highest BCUT2D eigenvalue weighted by Gasteiger charge is 2.31. The van der Waals surface area contributed by atoms with E-state index in [9.17, 15) is 31.2 Å². The third-order valence-electron chi connectivity index (χ3n) is 3.75. The Morgan fingerprint density at radius 1 is 1.10 bits per heavy atom. The summed E-state index contributed by atoms with van der Waals surface area (Å²) in [5.74, 6) is -2.31. The number of carbonyl (C=O) groups excluding carboxylic acids is 2. The minimum atomic E-state index is -4.85. The van der Waals surface area contributed by atoms with Crippen LogP contribution in [0.3, 0.4) is 0 Å². The standard InChI is InChI=1S/C18H16ClF3N2O6S/c1-10(16(25)24-11-3-5-12(6-4-11)30-18(20,21)22)29-17(26)14-9-13(7-8-15(14)19)31(27,28)23-2/h3-10,23H,1-2H3,(H,24,25). The van der Waals surface area contributed by atoms with Gasteiger partial charge in [-0.1, -0.05) is 11.6 Å². The lowest BCUT2D eigenvalue weighted by atomic mass is 10.2. The van der Waals surface area contributed by atoms with Gasteiger partial charge in [0.25, 0.3) is 5.91 Å². The Labute approximate surface area is 180 Å². The molecule has 13 heteroatoms. The third kappa shape index (κ3) is 6.84. The fraction of sp³-hybridized carbons (Fsp3) is 0.222. The van der Waals surface area contributed by atoms with Gasteiger partial charge in [0.05, 0.1) is 15.5 Å². The van der Waals surface area contributed by atoms with Gasteiger partial charge in [0, 0.05) is 5.69 Å². The van der Waals surface area contributed by atoms with Crippen molar-refractivity contribution in [3.8, 4) is 5.75 Å². The zero-order valence-electron chi connectivity index (χ0n) is 16.0. The summed E-state index contributed by atoms with van der Waals surface area (Å²) in [7, 11) is -2.66. The molecule has 1 unspecified atom stereocenters. The second kappa shape index (κ2) is 9.54. The number of benzene rings is 2. The van der Waals surface area contributed by atoms with Gasteiger partial charge in [-0.15, -0.1) is 13.2 Å². The fourth-order valence-corrected chi connectivity index (χ4v) is 3.16. The van der Waals surface area contributed by atoms with E-state index < -0.39 is 40.1 Å². The van der Waals surface area contributed by atoms with Crippen molar-refractivity contribution in [1.82, 2.24) is 4.72 Å². The summed E-state index contributed by atoms with van der Waals surface area (Å²) >= 11 is 5.93. The first kappa shape index (κ1) is 24.4. The van der Waals surface area contributed by atoms with Crippen molar-refractivity contribution in [2.75, 3.05) is 12.4 Å². The summed E-state index contributed by atoms with van der Waals surface area (Å²) in [5, 5.41) is 2.27. The van der Waals surface area contributed by atoms with Crippen LogP contribution in [0.15, 0.2) is 47.4 Å². The molecule has 0 fully saturated rings. The number of carbonyl (C=O) groups is 2. The average molecular weight is 481 g/mol. The third-order valence-corrected chi connectivity index (χ3v) is 5.49. The van der Waals surface area contributed by atoms with Gasteiger partial charge in [-0.2, -0.15) is 0 Å². The van der Waals surface area contributed by atoms with Gasteiger partial charge >= 0.3 is 12.3 Å². The average Bonchev–Trinajstić information content (AvgIpc) is 2.68. The molecule has 0 aromatic heterocycles. The van der Waals surface area contributed by atoms with Crippen molar-refractivity contribution in [2.45, 2.75) is 24.3 Å². The topological polar surface area (TPSA) is 111 Å². The molecule has 0 aliphatic rings. The van der Waals surface area contributed by atoms with E-state index in [1.54, 1.807) is 0 Å². The fourth-order valence-electron chi connectivity index (χ4n) is 2.21. The molecular formula is C18H16ClF3N2O6S. The molecule has 1 atom stereocenters. The van der Waals surface area contributed by atoms with Crippen LogP contribution in [0.4, 0.5) is 18.9 Å². The van der Waals surface area contributed by atoms with E-state index in [-0.39, 0.29) is 21.2 Å². The lowest BCUT2D eigenvalue weighted by molar-refractivity contribution is -0.274. The molecule has 1 amide bonds. The molecule has 0 heterocycles. The zero-order valence-corrected chi connectivity index (χ0v) is 17.6. The number of ether oxygens (including phenoxy) is 2. The molecule has 0 radical (unpaired) electrons. The van der Waals surface area contributed by atoms with Crippen LogP contribution >= 0.6 is 11.6 Å². The van der Waals surface area contributed by atoms with Gasteiger partial charge in [-0.25, -0.2) is 17.9 Å². The van der Waals surface area contributed by atoms with Crippen LogP contribution < -0.4 is 14.8 Å².